The van der Waals surface area contributed by atoms with Crippen LogP contribution in [0.5, 0.6) is 11.5 Å². The van der Waals surface area contributed by atoms with Crippen LogP contribution in [-0.2, 0) is 11.2 Å². The lowest BCUT2D eigenvalue weighted by atomic mass is 10.1. The zero-order valence-corrected chi connectivity index (χ0v) is 10.8. The number of hydrogen-bond donors (Lipinski definition) is 0. The molecule has 0 spiro atoms. The Bertz CT molecular complexity index is 466. The van der Waals surface area contributed by atoms with Crippen molar-refractivity contribution in [2.75, 3.05) is 27.8 Å². The largest absolute Gasteiger partial charge is 0.493 e. The minimum atomic E-state index is -0.532. The quantitative estimate of drug-likeness (QED) is 0.735. The number of likely N-dealkylation sites (N-methyl/N-ethyl adjacent to an activating group) is 1. The van der Waals surface area contributed by atoms with Crippen LogP contribution in [0.4, 0.5) is 0 Å². The SMILES string of the molecule is COc1ccc(CCN(C)C(=O)C#N)cc1OC. The standard InChI is InChI=1S/C13H16N2O3/c1-15(13(16)9-14)7-6-10-4-5-11(17-2)12(8-10)18-3/h4-5,8H,6-7H2,1-3H3. The summed E-state index contributed by atoms with van der Waals surface area (Å²) in [6, 6.07) is 7.18. The summed E-state index contributed by atoms with van der Waals surface area (Å²) in [7, 11) is 4.76. The van der Waals surface area contributed by atoms with Gasteiger partial charge in [-0.1, -0.05) is 6.07 Å². The molecule has 0 atom stereocenters. The van der Waals surface area contributed by atoms with E-state index >= 15 is 0 Å². The van der Waals surface area contributed by atoms with Gasteiger partial charge in [-0.05, 0) is 24.1 Å². The monoisotopic (exact) mass is 248 g/mol. The molecule has 0 aromatic heterocycles. The molecular formula is C13H16N2O3. The van der Waals surface area contributed by atoms with Crippen molar-refractivity contribution in [3.63, 3.8) is 0 Å². The molecule has 0 unspecified atom stereocenters. The molecule has 96 valence electrons. The van der Waals surface area contributed by atoms with E-state index in [0.29, 0.717) is 24.5 Å². The van der Waals surface area contributed by atoms with Gasteiger partial charge >= 0.3 is 5.91 Å². The summed E-state index contributed by atoms with van der Waals surface area (Å²) < 4.78 is 10.3. The van der Waals surface area contributed by atoms with Crippen LogP contribution in [0.3, 0.4) is 0 Å². The second-order valence-corrected chi connectivity index (χ2v) is 3.78. The lowest BCUT2D eigenvalue weighted by Gasteiger charge is -2.14. The van der Waals surface area contributed by atoms with Crippen LogP contribution in [0.1, 0.15) is 5.56 Å². The lowest BCUT2D eigenvalue weighted by Crippen LogP contribution is -2.27. The number of amides is 1. The van der Waals surface area contributed by atoms with Gasteiger partial charge in [0.15, 0.2) is 17.6 Å². The molecule has 0 saturated carbocycles. The maximum atomic E-state index is 11.1. The Hall–Kier alpha value is -2.22. The molecule has 0 heterocycles. The van der Waals surface area contributed by atoms with Gasteiger partial charge in [0, 0.05) is 13.6 Å². The fraction of sp³-hybridized carbons (Fsp3) is 0.385. The van der Waals surface area contributed by atoms with E-state index in [-0.39, 0.29) is 0 Å². The maximum Gasteiger partial charge on any atom is 0.324 e. The third kappa shape index (κ3) is 3.39. The predicted octanol–water partition coefficient (Wildman–Crippen LogP) is 1.23. The Labute approximate surface area is 107 Å². The van der Waals surface area contributed by atoms with Crippen molar-refractivity contribution in [2.45, 2.75) is 6.42 Å². The van der Waals surface area contributed by atoms with Gasteiger partial charge in [-0.2, -0.15) is 5.26 Å². The van der Waals surface area contributed by atoms with E-state index in [1.807, 2.05) is 18.2 Å². The second kappa shape index (κ2) is 6.50. The number of hydrogen-bond acceptors (Lipinski definition) is 4. The molecular weight excluding hydrogens is 232 g/mol. The molecule has 0 saturated heterocycles. The van der Waals surface area contributed by atoms with Crippen LogP contribution < -0.4 is 9.47 Å². The van der Waals surface area contributed by atoms with Crippen molar-refractivity contribution in [1.82, 2.24) is 4.90 Å². The molecule has 1 aromatic carbocycles. The molecule has 0 radical (unpaired) electrons. The number of nitrogens with zero attached hydrogens (tertiary/aromatic N) is 2. The van der Waals surface area contributed by atoms with Gasteiger partial charge in [0.25, 0.3) is 0 Å². The van der Waals surface area contributed by atoms with Gasteiger partial charge < -0.3 is 14.4 Å². The Kier molecular flexibility index (Phi) is 5.00. The topological polar surface area (TPSA) is 62.6 Å². The molecule has 1 rings (SSSR count). The minimum absolute atomic E-state index is 0.488. The highest BCUT2D eigenvalue weighted by Crippen LogP contribution is 2.27. The molecule has 0 fully saturated rings. The Morgan fingerprint density at radius 2 is 2.00 bits per heavy atom. The highest BCUT2D eigenvalue weighted by molar-refractivity contribution is 5.90. The molecule has 0 aliphatic rings. The van der Waals surface area contributed by atoms with E-state index in [9.17, 15) is 4.79 Å². The van der Waals surface area contributed by atoms with Crippen molar-refractivity contribution in [2.24, 2.45) is 0 Å². The number of carbonyl (C=O) groups excluding carboxylic acids is 1. The minimum Gasteiger partial charge on any atom is -0.493 e. The fourth-order valence-electron chi connectivity index (χ4n) is 1.52. The Morgan fingerprint density at radius 1 is 1.33 bits per heavy atom. The number of carbonyl (C=O) groups is 1. The number of rotatable bonds is 5. The molecule has 0 aliphatic heterocycles. The number of methoxy groups -OCH3 is 2. The highest BCUT2D eigenvalue weighted by atomic mass is 16.5. The molecule has 0 aliphatic carbocycles. The first-order valence-corrected chi connectivity index (χ1v) is 5.48. The van der Waals surface area contributed by atoms with Crippen molar-refractivity contribution < 1.29 is 14.3 Å². The van der Waals surface area contributed by atoms with Crippen LogP contribution in [0, 0.1) is 11.3 Å². The fourth-order valence-corrected chi connectivity index (χ4v) is 1.52. The molecule has 18 heavy (non-hydrogen) atoms. The van der Waals surface area contributed by atoms with Gasteiger partial charge in [0.1, 0.15) is 0 Å². The third-order valence-electron chi connectivity index (χ3n) is 2.63. The van der Waals surface area contributed by atoms with Crippen LogP contribution in [0.2, 0.25) is 0 Å². The number of ether oxygens (including phenoxy) is 2. The van der Waals surface area contributed by atoms with Crippen molar-refractivity contribution in [1.29, 1.82) is 5.26 Å². The first-order valence-electron chi connectivity index (χ1n) is 5.48. The first kappa shape index (κ1) is 13.8. The zero-order valence-electron chi connectivity index (χ0n) is 10.8. The summed E-state index contributed by atoms with van der Waals surface area (Å²) in [6.07, 6.45) is 0.657. The van der Waals surface area contributed by atoms with Crippen LogP contribution >= 0.6 is 0 Å². The van der Waals surface area contributed by atoms with Crippen LogP contribution in [-0.4, -0.2) is 38.6 Å². The predicted molar refractivity (Wildman–Crippen MR) is 66.5 cm³/mol. The van der Waals surface area contributed by atoms with E-state index in [1.54, 1.807) is 27.3 Å². The highest BCUT2D eigenvalue weighted by Gasteiger charge is 2.08. The van der Waals surface area contributed by atoms with Gasteiger partial charge in [-0.15, -0.1) is 0 Å². The van der Waals surface area contributed by atoms with E-state index in [2.05, 4.69) is 0 Å². The number of benzene rings is 1. The summed E-state index contributed by atoms with van der Waals surface area (Å²) >= 11 is 0. The first-order chi connectivity index (χ1) is 8.62. The zero-order chi connectivity index (χ0) is 13.5. The van der Waals surface area contributed by atoms with Crippen molar-refractivity contribution in [3.05, 3.63) is 23.8 Å². The van der Waals surface area contributed by atoms with Gasteiger partial charge in [0.05, 0.1) is 14.2 Å². The summed E-state index contributed by atoms with van der Waals surface area (Å²) in [5, 5.41) is 8.48. The normalized spacial score (nSPS) is 9.44. The third-order valence-corrected chi connectivity index (χ3v) is 2.63. The smallest absolute Gasteiger partial charge is 0.324 e. The summed E-state index contributed by atoms with van der Waals surface area (Å²) in [5.41, 5.74) is 1.02. The summed E-state index contributed by atoms with van der Waals surface area (Å²) in [4.78, 5) is 12.5. The average molecular weight is 248 g/mol. The Morgan fingerprint density at radius 3 is 2.56 bits per heavy atom. The van der Waals surface area contributed by atoms with Crippen molar-refractivity contribution in [3.8, 4) is 17.6 Å². The molecule has 5 heteroatoms. The van der Waals surface area contributed by atoms with Crippen LogP contribution in [0.25, 0.3) is 0 Å². The molecule has 1 aromatic rings. The maximum absolute atomic E-state index is 11.1. The van der Waals surface area contributed by atoms with Gasteiger partial charge in [-0.25, -0.2) is 0 Å². The average Bonchev–Trinajstić information content (AvgIpc) is 2.43. The van der Waals surface area contributed by atoms with Crippen molar-refractivity contribution >= 4 is 5.91 Å². The lowest BCUT2D eigenvalue weighted by molar-refractivity contribution is -0.124. The Balaban J connectivity index is 2.69. The molecule has 0 bridgehead atoms. The van der Waals surface area contributed by atoms with E-state index in [0.717, 1.165) is 5.56 Å². The van der Waals surface area contributed by atoms with E-state index in [4.69, 9.17) is 14.7 Å². The number of nitriles is 1. The van der Waals surface area contributed by atoms with E-state index in [1.165, 1.54) is 4.90 Å². The molecule has 5 nitrogen and oxygen atoms in total. The molecule has 1 amide bonds. The van der Waals surface area contributed by atoms with Crippen LogP contribution in [0.15, 0.2) is 18.2 Å². The summed E-state index contributed by atoms with van der Waals surface area (Å²) in [5.74, 6) is 0.794. The molecule has 0 N–H and O–H groups in total. The van der Waals surface area contributed by atoms with Gasteiger partial charge in [0.2, 0.25) is 0 Å². The second-order valence-electron chi connectivity index (χ2n) is 3.78. The van der Waals surface area contributed by atoms with Gasteiger partial charge in [-0.3, -0.25) is 4.79 Å². The summed E-state index contributed by atoms with van der Waals surface area (Å²) in [6.45, 7) is 0.488. The van der Waals surface area contributed by atoms with E-state index < -0.39 is 5.91 Å².